The monoisotopic (exact) mass is 440 g/mol. The van der Waals surface area contributed by atoms with Gasteiger partial charge in [0, 0.05) is 50.3 Å². The van der Waals surface area contributed by atoms with Crippen LogP contribution in [0, 0.1) is 13.8 Å². The molecule has 0 fully saturated rings. The highest BCUT2D eigenvalue weighted by atomic mass is 32.2. The van der Waals surface area contributed by atoms with Gasteiger partial charge in [0.25, 0.3) is 0 Å². The van der Waals surface area contributed by atoms with Crippen LogP contribution in [0.15, 0.2) is 59.5 Å². The summed E-state index contributed by atoms with van der Waals surface area (Å²) in [6.07, 6.45) is 0. The molecule has 8 nitrogen and oxygen atoms in total. The van der Waals surface area contributed by atoms with Gasteiger partial charge in [0.05, 0.1) is 4.90 Å². The standard InChI is InChI=1S/C22H28N6O2S/c1-16-5-7-18(8-6-16)26-21-15-17(2)25-22(27-21)23-13-14-24-31(29,30)20-11-9-19(10-12-20)28(3)4/h5-12,15,24H,13-14H2,1-4H3,(H2,23,25,26,27). The van der Waals surface area contributed by atoms with E-state index < -0.39 is 10.0 Å². The predicted octanol–water partition coefficient (Wildman–Crippen LogP) is 3.29. The number of hydrogen-bond donors (Lipinski definition) is 3. The molecule has 3 N–H and O–H groups in total. The van der Waals surface area contributed by atoms with Crippen LogP contribution in [-0.2, 0) is 10.0 Å². The molecular formula is C22H28N6O2S. The van der Waals surface area contributed by atoms with E-state index in [4.69, 9.17) is 0 Å². The molecule has 3 aromatic rings. The van der Waals surface area contributed by atoms with Crippen LogP contribution in [0.5, 0.6) is 0 Å². The van der Waals surface area contributed by atoms with Crippen molar-refractivity contribution in [1.82, 2.24) is 14.7 Å². The first kappa shape index (κ1) is 22.5. The molecule has 0 unspecified atom stereocenters. The predicted molar refractivity (Wildman–Crippen MR) is 126 cm³/mol. The van der Waals surface area contributed by atoms with Crippen LogP contribution in [0.4, 0.5) is 23.1 Å². The zero-order valence-electron chi connectivity index (χ0n) is 18.2. The molecule has 1 heterocycles. The summed E-state index contributed by atoms with van der Waals surface area (Å²) in [4.78, 5) is 11.0. The van der Waals surface area contributed by atoms with Crippen molar-refractivity contribution in [3.63, 3.8) is 0 Å². The minimum atomic E-state index is -3.58. The summed E-state index contributed by atoms with van der Waals surface area (Å²) in [5, 5.41) is 6.33. The summed E-state index contributed by atoms with van der Waals surface area (Å²) in [6, 6.07) is 16.6. The Bertz CT molecular complexity index is 1110. The maximum Gasteiger partial charge on any atom is 0.240 e. The summed E-state index contributed by atoms with van der Waals surface area (Å²) in [5.41, 5.74) is 3.85. The van der Waals surface area contributed by atoms with Gasteiger partial charge in [0.1, 0.15) is 5.82 Å². The van der Waals surface area contributed by atoms with E-state index in [1.807, 2.05) is 63.2 Å². The van der Waals surface area contributed by atoms with Crippen molar-refractivity contribution in [3.8, 4) is 0 Å². The summed E-state index contributed by atoms with van der Waals surface area (Å²) < 4.78 is 27.5. The third-order valence-electron chi connectivity index (χ3n) is 4.54. The number of rotatable bonds is 9. The number of hydrogen-bond acceptors (Lipinski definition) is 7. The number of benzene rings is 2. The van der Waals surface area contributed by atoms with Crippen LogP contribution >= 0.6 is 0 Å². The molecule has 0 saturated heterocycles. The number of nitrogens with one attached hydrogen (secondary N) is 3. The highest BCUT2D eigenvalue weighted by molar-refractivity contribution is 7.89. The fraction of sp³-hybridized carbons (Fsp3) is 0.273. The smallest absolute Gasteiger partial charge is 0.240 e. The number of aryl methyl sites for hydroxylation is 2. The number of anilines is 4. The van der Waals surface area contributed by atoms with Crippen molar-refractivity contribution in [2.45, 2.75) is 18.7 Å². The van der Waals surface area contributed by atoms with Gasteiger partial charge in [-0.2, -0.15) is 4.98 Å². The Hall–Kier alpha value is -3.17. The molecule has 9 heteroatoms. The maximum atomic E-state index is 12.5. The molecule has 0 radical (unpaired) electrons. The van der Waals surface area contributed by atoms with Crippen molar-refractivity contribution >= 4 is 33.2 Å². The van der Waals surface area contributed by atoms with Crippen LogP contribution in [0.1, 0.15) is 11.3 Å². The first-order valence-electron chi connectivity index (χ1n) is 9.93. The van der Waals surface area contributed by atoms with Crippen molar-refractivity contribution < 1.29 is 8.42 Å². The maximum absolute atomic E-state index is 12.5. The molecule has 3 rings (SSSR count). The van der Waals surface area contributed by atoms with Gasteiger partial charge in [0.15, 0.2) is 0 Å². The molecule has 31 heavy (non-hydrogen) atoms. The lowest BCUT2D eigenvalue weighted by molar-refractivity contribution is 0.583. The van der Waals surface area contributed by atoms with Crippen LogP contribution in [0.2, 0.25) is 0 Å². The van der Waals surface area contributed by atoms with E-state index in [2.05, 4.69) is 25.3 Å². The second-order valence-corrected chi connectivity index (χ2v) is 9.19. The molecule has 0 atom stereocenters. The second-order valence-electron chi connectivity index (χ2n) is 7.42. The van der Waals surface area contributed by atoms with Crippen LogP contribution in [-0.4, -0.2) is 45.6 Å². The van der Waals surface area contributed by atoms with Gasteiger partial charge >= 0.3 is 0 Å². The van der Waals surface area contributed by atoms with Crippen molar-refractivity contribution in [2.24, 2.45) is 0 Å². The van der Waals surface area contributed by atoms with Gasteiger partial charge in [-0.15, -0.1) is 0 Å². The Morgan fingerprint density at radius 1 is 0.903 bits per heavy atom. The molecule has 0 aliphatic carbocycles. The molecule has 0 saturated carbocycles. The van der Waals surface area contributed by atoms with Crippen molar-refractivity contribution in [2.75, 3.05) is 42.7 Å². The van der Waals surface area contributed by atoms with Crippen molar-refractivity contribution in [1.29, 1.82) is 0 Å². The molecule has 0 bridgehead atoms. The fourth-order valence-corrected chi connectivity index (χ4v) is 3.89. The Labute approximate surface area is 183 Å². The van der Waals surface area contributed by atoms with E-state index in [1.54, 1.807) is 24.3 Å². The van der Waals surface area contributed by atoms with Gasteiger partial charge in [-0.1, -0.05) is 17.7 Å². The first-order chi connectivity index (χ1) is 14.7. The van der Waals surface area contributed by atoms with Crippen LogP contribution in [0.3, 0.4) is 0 Å². The molecule has 0 amide bonds. The molecule has 2 aromatic carbocycles. The molecule has 1 aromatic heterocycles. The van der Waals surface area contributed by atoms with E-state index >= 15 is 0 Å². The fourth-order valence-electron chi connectivity index (χ4n) is 2.86. The minimum absolute atomic E-state index is 0.204. The first-order valence-corrected chi connectivity index (χ1v) is 11.4. The van der Waals surface area contributed by atoms with E-state index in [9.17, 15) is 8.42 Å². The summed E-state index contributed by atoms with van der Waals surface area (Å²) >= 11 is 0. The quantitative estimate of drug-likeness (QED) is 0.439. The third kappa shape index (κ3) is 6.40. The summed E-state index contributed by atoms with van der Waals surface area (Å²) in [6.45, 7) is 4.47. The topological polar surface area (TPSA) is 99.2 Å². The van der Waals surface area contributed by atoms with Crippen LogP contribution in [0.25, 0.3) is 0 Å². The largest absolute Gasteiger partial charge is 0.378 e. The SMILES string of the molecule is Cc1ccc(Nc2cc(C)nc(NCCNS(=O)(=O)c3ccc(N(C)C)cc3)n2)cc1. The number of nitrogens with zero attached hydrogens (tertiary/aromatic N) is 3. The minimum Gasteiger partial charge on any atom is -0.378 e. The average molecular weight is 441 g/mol. The summed E-state index contributed by atoms with van der Waals surface area (Å²) in [7, 11) is 0.231. The lowest BCUT2D eigenvalue weighted by atomic mass is 10.2. The van der Waals surface area contributed by atoms with Crippen LogP contribution < -0.4 is 20.3 Å². The highest BCUT2D eigenvalue weighted by Gasteiger charge is 2.13. The van der Waals surface area contributed by atoms with E-state index in [0.717, 1.165) is 17.1 Å². The van der Waals surface area contributed by atoms with E-state index in [0.29, 0.717) is 18.3 Å². The summed E-state index contributed by atoms with van der Waals surface area (Å²) in [5.74, 6) is 1.10. The van der Waals surface area contributed by atoms with E-state index in [1.165, 1.54) is 5.56 Å². The van der Waals surface area contributed by atoms with Gasteiger partial charge in [-0.3, -0.25) is 0 Å². The second kappa shape index (κ2) is 9.76. The van der Waals surface area contributed by atoms with Crippen molar-refractivity contribution in [3.05, 3.63) is 65.9 Å². The average Bonchev–Trinajstić information content (AvgIpc) is 2.73. The van der Waals surface area contributed by atoms with Gasteiger partial charge < -0.3 is 15.5 Å². The third-order valence-corrected chi connectivity index (χ3v) is 6.02. The van der Waals surface area contributed by atoms with Gasteiger partial charge in [-0.25, -0.2) is 18.1 Å². The highest BCUT2D eigenvalue weighted by Crippen LogP contribution is 2.18. The van der Waals surface area contributed by atoms with Gasteiger partial charge in [-0.05, 0) is 50.2 Å². The van der Waals surface area contributed by atoms with E-state index in [-0.39, 0.29) is 11.4 Å². The zero-order chi connectivity index (χ0) is 22.4. The lowest BCUT2D eigenvalue weighted by Gasteiger charge is -2.13. The Balaban J connectivity index is 1.56. The normalized spacial score (nSPS) is 11.2. The Kier molecular flexibility index (Phi) is 7.09. The number of aromatic nitrogens is 2. The Morgan fingerprint density at radius 3 is 2.23 bits per heavy atom. The molecule has 0 aliphatic rings. The Morgan fingerprint density at radius 2 is 1.58 bits per heavy atom. The molecule has 0 aliphatic heterocycles. The lowest BCUT2D eigenvalue weighted by Crippen LogP contribution is -2.29. The number of sulfonamides is 1. The van der Waals surface area contributed by atoms with Gasteiger partial charge in [0.2, 0.25) is 16.0 Å². The molecule has 164 valence electrons. The molecule has 0 spiro atoms. The zero-order valence-corrected chi connectivity index (χ0v) is 19.0. The molecular weight excluding hydrogens is 412 g/mol.